The van der Waals surface area contributed by atoms with Gasteiger partial charge >= 0.3 is 5.97 Å². The van der Waals surface area contributed by atoms with Crippen LogP contribution >= 0.6 is 0 Å². The number of hydrogen-bond acceptors (Lipinski definition) is 2. The first kappa shape index (κ1) is 7.32. The van der Waals surface area contributed by atoms with Crippen LogP contribution in [0.4, 0.5) is 0 Å². The van der Waals surface area contributed by atoms with Gasteiger partial charge < -0.3 is 4.74 Å². The molecule has 0 heterocycles. The lowest BCUT2D eigenvalue weighted by Crippen LogP contribution is -2.11. The predicted octanol–water partition coefficient (Wildman–Crippen LogP) is 1.66. The molecule has 0 aliphatic heterocycles. The molecule has 0 N–H and O–H groups in total. The van der Waals surface area contributed by atoms with Gasteiger partial charge in [-0.25, -0.2) is 0 Å². The lowest BCUT2D eigenvalue weighted by molar-refractivity contribution is -0.145. The van der Waals surface area contributed by atoms with E-state index >= 15 is 0 Å². The third-order valence-corrected chi connectivity index (χ3v) is 1.67. The van der Waals surface area contributed by atoms with Crippen LogP contribution in [0.5, 0.6) is 0 Å². The average Bonchev–Trinajstić information content (AvgIpc) is 2.13. The summed E-state index contributed by atoms with van der Waals surface area (Å²) in [5.41, 5.74) is 1.20. The fraction of sp³-hybridized carbons (Fsp3) is 0.625. The van der Waals surface area contributed by atoms with Crippen LogP contribution in [0.2, 0.25) is 0 Å². The predicted molar refractivity (Wildman–Crippen MR) is 38.5 cm³/mol. The van der Waals surface area contributed by atoms with Gasteiger partial charge in [0.1, 0.15) is 6.10 Å². The van der Waals surface area contributed by atoms with Crippen LogP contribution in [0.25, 0.3) is 0 Å². The third-order valence-electron chi connectivity index (χ3n) is 1.67. The van der Waals surface area contributed by atoms with Crippen molar-refractivity contribution >= 4 is 5.97 Å². The van der Waals surface area contributed by atoms with E-state index in [1.807, 2.05) is 0 Å². The summed E-state index contributed by atoms with van der Waals surface area (Å²) in [6, 6.07) is 0. The standard InChI is InChI=1S/C8H12O2/c1-6-3-4-8(5-6)10-7(2)9/h8H,1,3-5H2,2H3/t8-/m0/s1. The molecule has 1 fully saturated rings. The van der Waals surface area contributed by atoms with Crippen LogP contribution in [0.3, 0.4) is 0 Å². The lowest BCUT2D eigenvalue weighted by Gasteiger charge is -2.07. The molecule has 0 aromatic rings. The van der Waals surface area contributed by atoms with Gasteiger partial charge in [-0.1, -0.05) is 12.2 Å². The number of rotatable bonds is 1. The fourth-order valence-electron chi connectivity index (χ4n) is 1.23. The molecule has 1 aliphatic carbocycles. The van der Waals surface area contributed by atoms with Crippen LogP contribution in [-0.2, 0) is 9.53 Å². The molecule has 10 heavy (non-hydrogen) atoms. The van der Waals surface area contributed by atoms with Gasteiger partial charge in [-0.15, -0.1) is 0 Å². The van der Waals surface area contributed by atoms with Gasteiger partial charge in [-0.3, -0.25) is 4.79 Å². The van der Waals surface area contributed by atoms with Crippen molar-refractivity contribution in [1.29, 1.82) is 0 Å². The maximum absolute atomic E-state index is 10.5. The van der Waals surface area contributed by atoms with E-state index in [1.165, 1.54) is 12.5 Å². The molecule has 0 radical (unpaired) electrons. The average molecular weight is 140 g/mol. The maximum atomic E-state index is 10.5. The zero-order valence-electron chi connectivity index (χ0n) is 6.22. The Bertz CT molecular complexity index is 161. The summed E-state index contributed by atoms with van der Waals surface area (Å²) in [7, 11) is 0. The van der Waals surface area contributed by atoms with Gasteiger partial charge in [0.05, 0.1) is 0 Å². The number of carbonyl (C=O) groups is 1. The first-order chi connectivity index (χ1) is 4.68. The highest BCUT2D eigenvalue weighted by Gasteiger charge is 2.19. The van der Waals surface area contributed by atoms with Crippen molar-refractivity contribution in [3.05, 3.63) is 12.2 Å². The molecule has 0 aromatic heterocycles. The van der Waals surface area contributed by atoms with E-state index in [1.54, 1.807) is 0 Å². The Morgan fingerprint density at radius 3 is 2.90 bits per heavy atom. The van der Waals surface area contributed by atoms with Gasteiger partial charge in [0, 0.05) is 13.3 Å². The van der Waals surface area contributed by atoms with Crippen LogP contribution in [0.15, 0.2) is 12.2 Å². The number of ether oxygens (including phenoxy) is 1. The van der Waals surface area contributed by atoms with E-state index in [9.17, 15) is 4.79 Å². The largest absolute Gasteiger partial charge is 0.462 e. The molecule has 2 nitrogen and oxygen atoms in total. The molecular weight excluding hydrogens is 128 g/mol. The van der Waals surface area contributed by atoms with Crippen molar-refractivity contribution in [3.8, 4) is 0 Å². The summed E-state index contributed by atoms with van der Waals surface area (Å²) in [5.74, 6) is -0.181. The van der Waals surface area contributed by atoms with Crippen molar-refractivity contribution < 1.29 is 9.53 Å². The Labute approximate surface area is 60.9 Å². The Kier molecular flexibility index (Phi) is 2.10. The quantitative estimate of drug-likeness (QED) is 0.409. The summed E-state index contributed by atoms with van der Waals surface area (Å²) in [6.45, 7) is 5.27. The second-order valence-electron chi connectivity index (χ2n) is 2.72. The normalized spacial score (nSPS) is 24.9. The van der Waals surface area contributed by atoms with Crippen molar-refractivity contribution in [3.63, 3.8) is 0 Å². The minimum absolute atomic E-state index is 0.116. The van der Waals surface area contributed by atoms with E-state index in [4.69, 9.17) is 4.74 Å². The van der Waals surface area contributed by atoms with Crippen LogP contribution in [0, 0.1) is 0 Å². The molecule has 0 aromatic carbocycles. The maximum Gasteiger partial charge on any atom is 0.302 e. The molecule has 56 valence electrons. The zero-order chi connectivity index (χ0) is 7.56. The highest BCUT2D eigenvalue weighted by atomic mass is 16.5. The number of esters is 1. The van der Waals surface area contributed by atoms with Crippen LogP contribution in [0.1, 0.15) is 26.2 Å². The smallest absolute Gasteiger partial charge is 0.302 e. The minimum atomic E-state index is -0.181. The Balaban J connectivity index is 2.31. The highest BCUT2D eigenvalue weighted by Crippen LogP contribution is 2.25. The van der Waals surface area contributed by atoms with E-state index in [-0.39, 0.29) is 12.1 Å². The first-order valence-electron chi connectivity index (χ1n) is 3.52. The Morgan fingerprint density at radius 2 is 2.50 bits per heavy atom. The SMILES string of the molecule is C=C1CC[C@H](OC(C)=O)C1. The summed E-state index contributed by atoms with van der Waals surface area (Å²) in [5, 5.41) is 0. The van der Waals surface area contributed by atoms with E-state index < -0.39 is 0 Å². The van der Waals surface area contributed by atoms with Gasteiger partial charge in [-0.2, -0.15) is 0 Å². The van der Waals surface area contributed by atoms with Gasteiger partial charge in [-0.05, 0) is 12.8 Å². The molecule has 0 saturated heterocycles. The highest BCUT2D eigenvalue weighted by molar-refractivity contribution is 5.66. The zero-order valence-corrected chi connectivity index (χ0v) is 6.22. The molecule has 0 amide bonds. The van der Waals surface area contributed by atoms with E-state index in [0.717, 1.165) is 19.3 Å². The molecule has 1 aliphatic rings. The molecule has 1 saturated carbocycles. The second-order valence-corrected chi connectivity index (χ2v) is 2.72. The Hall–Kier alpha value is -0.790. The van der Waals surface area contributed by atoms with Crippen LogP contribution in [-0.4, -0.2) is 12.1 Å². The number of carbonyl (C=O) groups excluding carboxylic acids is 1. The molecule has 0 unspecified atom stereocenters. The number of hydrogen-bond donors (Lipinski definition) is 0. The van der Waals surface area contributed by atoms with Crippen molar-refractivity contribution in [2.45, 2.75) is 32.3 Å². The molecule has 2 heteroatoms. The third kappa shape index (κ3) is 1.87. The van der Waals surface area contributed by atoms with E-state index in [0.29, 0.717) is 0 Å². The summed E-state index contributed by atoms with van der Waals surface area (Å²) >= 11 is 0. The topological polar surface area (TPSA) is 26.3 Å². The van der Waals surface area contributed by atoms with Crippen molar-refractivity contribution in [2.24, 2.45) is 0 Å². The molecular formula is C8H12O2. The summed E-state index contributed by atoms with van der Waals surface area (Å²) in [4.78, 5) is 10.5. The lowest BCUT2D eigenvalue weighted by atomic mass is 10.3. The van der Waals surface area contributed by atoms with Crippen LogP contribution < -0.4 is 0 Å². The van der Waals surface area contributed by atoms with Gasteiger partial charge in [0.15, 0.2) is 0 Å². The van der Waals surface area contributed by atoms with Gasteiger partial charge in [0.25, 0.3) is 0 Å². The summed E-state index contributed by atoms with van der Waals surface area (Å²) in [6.07, 6.45) is 2.95. The van der Waals surface area contributed by atoms with Crippen molar-refractivity contribution in [2.75, 3.05) is 0 Å². The van der Waals surface area contributed by atoms with Gasteiger partial charge in [0.2, 0.25) is 0 Å². The van der Waals surface area contributed by atoms with E-state index in [2.05, 4.69) is 6.58 Å². The monoisotopic (exact) mass is 140 g/mol. The molecule has 1 atom stereocenters. The van der Waals surface area contributed by atoms with Crippen molar-refractivity contribution in [1.82, 2.24) is 0 Å². The molecule has 1 rings (SSSR count). The molecule has 0 spiro atoms. The fourth-order valence-corrected chi connectivity index (χ4v) is 1.23. The summed E-state index contributed by atoms with van der Waals surface area (Å²) < 4.78 is 4.98. The second kappa shape index (κ2) is 2.86. The minimum Gasteiger partial charge on any atom is -0.462 e. The molecule has 0 bridgehead atoms. The first-order valence-corrected chi connectivity index (χ1v) is 3.52. The Morgan fingerprint density at radius 1 is 1.80 bits per heavy atom.